The molecule has 1 aliphatic heterocycles. The first kappa shape index (κ1) is 18.3. The topological polar surface area (TPSA) is 41.4 Å². The lowest BCUT2D eigenvalue weighted by Crippen LogP contribution is -2.47. The number of halogens is 1. The largest absolute Gasteiger partial charge is 0.354 e. The summed E-state index contributed by atoms with van der Waals surface area (Å²) >= 11 is 1.74. The summed E-state index contributed by atoms with van der Waals surface area (Å²) in [6.07, 6.45) is 2.62. The van der Waals surface area contributed by atoms with E-state index in [-0.39, 0.29) is 4.79 Å². The van der Waals surface area contributed by atoms with Gasteiger partial charge in [0, 0.05) is 60.5 Å². The van der Waals surface area contributed by atoms with Crippen molar-refractivity contribution in [1.29, 1.82) is 0 Å². The molecule has 0 bridgehead atoms. The maximum Gasteiger partial charge on any atom is 0.279 e. The number of pyridine rings is 2. The zero-order chi connectivity index (χ0) is 19.8. The van der Waals surface area contributed by atoms with E-state index in [9.17, 15) is 9.28 Å². The van der Waals surface area contributed by atoms with Gasteiger partial charge in [0.25, 0.3) is 5.56 Å². The molecule has 0 N–H and O–H groups in total. The molecule has 0 saturated carbocycles. The molecule has 5 rings (SSSR count). The van der Waals surface area contributed by atoms with E-state index in [1.807, 2.05) is 18.3 Å². The van der Waals surface area contributed by atoms with Crippen molar-refractivity contribution in [1.82, 2.24) is 14.7 Å². The van der Waals surface area contributed by atoms with Crippen LogP contribution in [0.4, 0.5) is 10.3 Å². The molecule has 5 nitrogen and oxygen atoms in total. The van der Waals surface area contributed by atoms with Crippen molar-refractivity contribution in [3.63, 3.8) is 0 Å². The standard InChI is InChI=1S/C22H21FN4OS/c23-27-19-4-2-1-3-17(19)16(15-21(27)28)6-9-25-10-12-26(13-11-25)22-18-7-14-29-20(18)5-8-24-22/h1-5,7-8,14-15H,6,9-13H2. The summed E-state index contributed by atoms with van der Waals surface area (Å²) in [6, 6.07) is 12.8. The Bertz CT molecular complexity index is 1230. The molecule has 0 amide bonds. The number of thiophene rings is 1. The van der Waals surface area contributed by atoms with Crippen molar-refractivity contribution in [2.45, 2.75) is 6.42 Å². The SMILES string of the molecule is O=c1cc(CCN2CCN(c3nccc4sccc34)CC2)c2ccccc2n1F. The lowest BCUT2D eigenvalue weighted by Gasteiger charge is -2.35. The molecule has 3 aromatic heterocycles. The van der Waals surface area contributed by atoms with Crippen molar-refractivity contribution in [2.75, 3.05) is 37.6 Å². The summed E-state index contributed by atoms with van der Waals surface area (Å²) in [6.45, 7) is 4.59. The Morgan fingerprint density at radius 2 is 1.86 bits per heavy atom. The molecule has 0 aliphatic carbocycles. The number of benzene rings is 1. The van der Waals surface area contributed by atoms with E-state index in [4.69, 9.17) is 0 Å². The molecule has 0 spiro atoms. The average molecular weight is 409 g/mol. The van der Waals surface area contributed by atoms with Crippen molar-refractivity contribution in [3.05, 3.63) is 70.0 Å². The Morgan fingerprint density at radius 3 is 2.72 bits per heavy atom. The molecule has 1 aliphatic rings. The van der Waals surface area contributed by atoms with Crippen molar-refractivity contribution in [2.24, 2.45) is 0 Å². The third kappa shape index (κ3) is 3.41. The summed E-state index contributed by atoms with van der Waals surface area (Å²) in [4.78, 5) is 21.6. The second-order valence-corrected chi connectivity index (χ2v) is 8.30. The third-order valence-electron chi connectivity index (χ3n) is 5.68. The van der Waals surface area contributed by atoms with Gasteiger partial charge >= 0.3 is 0 Å². The van der Waals surface area contributed by atoms with Crippen LogP contribution in [0.3, 0.4) is 0 Å². The molecular weight excluding hydrogens is 387 g/mol. The highest BCUT2D eigenvalue weighted by Crippen LogP contribution is 2.29. The van der Waals surface area contributed by atoms with Gasteiger partial charge in [-0.1, -0.05) is 22.7 Å². The fourth-order valence-corrected chi connectivity index (χ4v) is 4.90. The molecule has 0 radical (unpaired) electrons. The van der Waals surface area contributed by atoms with E-state index in [1.165, 1.54) is 16.2 Å². The highest BCUT2D eigenvalue weighted by Gasteiger charge is 2.20. The first-order chi connectivity index (χ1) is 14.2. The molecule has 1 fully saturated rings. The zero-order valence-electron chi connectivity index (χ0n) is 15.9. The predicted molar refractivity (Wildman–Crippen MR) is 117 cm³/mol. The number of para-hydroxylation sites is 1. The second-order valence-electron chi connectivity index (χ2n) is 7.35. The fourth-order valence-electron chi connectivity index (χ4n) is 4.12. The Labute approximate surface area is 171 Å². The molecule has 4 aromatic rings. The molecule has 1 saturated heterocycles. The average Bonchev–Trinajstić information content (AvgIpc) is 3.25. The van der Waals surface area contributed by atoms with Crippen LogP contribution in [0.2, 0.25) is 0 Å². The van der Waals surface area contributed by atoms with E-state index in [0.29, 0.717) is 5.52 Å². The van der Waals surface area contributed by atoms with E-state index >= 15 is 0 Å². The van der Waals surface area contributed by atoms with Gasteiger partial charge in [-0.05, 0) is 35.6 Å². The van der Waals surface area contributed by atoms with Crippen LogP contribution in [0.1, 0.15) is 5.56 Å². The molecule has 0 atom stereocenters. The maximum atomic E-state index is 14.0. The van der Waals surface area contributed by atoms with Gasteiger partial charge < -0.3 is 4.90 Å². The Balaban J connectivity index is 1.27. The van der Waals surface area contributed by atoms with Gasteiger partial charge in [0.2, 0.25) is 0 Å². The summed E-state index contributed by atoms with van der Waals surface area (Å²) in [5, 5.41) is 4.15. The van der Waals surface area contributed by atoms with Crippen LogP contribution in [0.15, 0.2) is 58.8 Å². The zero-order valence-corrected chi connectivity index (χ0v) is 16.7. The number of aromatic nitrogens is 2. The molecular formula is C22H21FN4OS. The smallest absolute Gasteiger partial charge is 0.279 e. The maximum absolute atomic E-state index is 14.0. The van der Waals surface area contributed by atoms with Gasteiger partial charge in [0.15, 0.2) is 0 Å². The Morgan fingerprint density at radius 1 is 1.03 bits per heavy atom. The van der Waals surface area contributed by atoms with Crippen molar-refractivity contribution >= 4 is 38.1 Å². The van der Waals surface area contributed by atoms with Gasteiger partial charge in [0.05, 0.1) is 5.52 Å². The molecule has 29 heavy (non-hydrogen) atoms. The number of rotatable bonds is 4. The van der Waals surface area contributed by atoms with Gasteiger partial charge in [-0.25, -0.2) is 4.98 Å². The first-order valence-corrected chi connectivity index (χ1v) is 10.7. The van der Waals surface area contributed by atoms with Crippen LogP contribution in [-0.2, 0) is 6.42 Å². The van der Waals surface area contributed by atoms with Crippen molar-refractivity contribution in [3.8, 4) is 0 Å². The second kappa shape index (κ2) is 7.57. The number of hydrogen-bond acceptors (Lipinski definition) is 5. The number of nitrogens with zero attached hydrogens (tertiary/aromatic N) is 4. The molecule has 4 heterocycles. The Hall–Kier alpha value is -2.77. The number of anilines is 1. The van der Waals surface area contributed by atoms with E-state index in [2.05, 4.69) is 32.3 Å². The summed E-state index contributed by atoms with van der Waals surface area (Å²) < 4.78 is 15.3. The number of piperazine rings is 1. The quantitative estimate of drug-likeness (QED) is 0.516. The molecule has 148 valence electrons. The minimum atomic E-state index is -0.599. The van der Waals surface area contributed by atoms with E-state index in [0.717, 1.165) is 55.9 Å². The van der Waals surface area contributed by atoms with Crippen LogP contribution in [0.25, 0.3) is 21.0 Å². The predicted octanol–water partition coefficient (Wildman–Crippen LogP) is 3.71. The van der Waals surface area contributed by atoms with Gasteiger partial charge in [-0.2, -0.15) is 0 Å². The lowest BCUT2D eigenvalue weighted by atomic mass is 10.1. The highest BCUT2D eigenvalue weighted by molar-refractivity contribution is 7.17. The molecule has 1 aromatic carbocycles. The monoisotopic (exact) mass is 408 g/mol. The third-order valence-corrected chi connectivity index (χ3v) is 6.56. The number of fused-ring (bicyclic) bond motifs is 2. The Kier molecular flexibility index (Phi) is 4.77. The number of hydrogen-bond donors (Lipinski definition) is 0. The van der Waals surface area contributed by atoms with Crippen LogP contribution in [-0.4, -0.2) is 47.4 Å². The highest BCUT2D eigenvalue weighted by atomic mass is 32.1. The molecule has 0 unspecified atom stereocenters. The lowest BCUT2D eigenvalue weighted by molar-refractivity contribution is 0.260. The minimum Gasteiger partial charge on any atom is -0.354 e. The first-order valence-electron chi connectivity index (χ1n) is 9.80. The summed E-state index contributed by atoms with van der Waals surface area (Å²) in [5.41, 5.74) is 0.653. The van der Waals surface area contributed by atoms with Crippen LogP contribution >= 0.6 is 11.3 Å². The van der Waals surface area contributed by atoms with Crippen LogP contribution in [0, 0.1) is 0 Å². The summed E-state index contributed by atoms with van der Waals surface area (Å²) in [5.74, 6) is 1.07. The van der Waals surface area contributed by atoms with E-state index < -0.39 is 5.56 Å². The van der Waals surface area contributed by atoms with E-state index in [1.54, 1.807) is 23.5 Å². The van der Waals surface area contributed by atoms with Crippen molar-refractivity contribution < 1.29 is 4.48 Å². The van der Waals surface area contributed by atoms with Crippen LogP contribution in [0.5, 0.6) is 0 Å². The van der Waals surface area contributed by atoms with Crippen LogP contribution < -0.4 is 10.5 Å². The van der Waals surface area contributed by atoms with Gasteiger partial charge in [-0.3, -0.25) is 9.69 Å². The van der Waals surface area contributed by atoms with Gasteiger partial charge in [-0.15, -0.1) is 16.1 Å². The minimum absolute atomic E-state index is 0.232. The summed E-state index contributed by atoms with van der Waals surface area (Å²) in [7, 11) is 0. The normalized spacial score (nSPS) is 15.4. The fraction of sp³-hybridized carbons (Fsp3) is 0.273. The molecule has 7 heteroatoms. The van der Waals surface area contributed by atoms with Gasteiger partial charge in [0.1, 0.15) is 5.82 Å².